The molecule has 0 spiro atoms. The molecule has 1 aromatic carbocycles. The van der Waals surface area contributed by atoms with E-state index in [0.29, 0.717) is 12.1 Å². The zero-order valence-electron chi connectivity index (χ0n) is 10.3. The molecule has 1 heterocycles. The number of aromatic nitrogens is 1. The van der Waals surface area contributed by atoms with Gasteiger partial charge in [-0.05, 0) is 0 Å². The van der Waals surface area contributed by atoms with E-state index in [0.717, 1.165) is 5.01 Å². The molecule has 5 heteroatoms. The fraction of sp³-hybridized carbons (Fsp3) is 0.214. The van der Waals surface area contributed by atoms with Crippen LogP contribution in [0.4, 0.5) is 0 Å². The van der Waals surface area contributed by atoms with Crippen LogP contribution >= 0.6 is 11.3 Å². The molecule has 1 aromatic heterocycles. The van der Waals surface area contributed by atoms with Gasteiger partial charge in [-0.15, -0.1) is 11.3 Å². The van der Waals surface area contributed by atoms with Gasteiger partial charge in [-0.25, -0.2) is 4.98 Å². The van der Waals surface area contributed by atoms with Gasteiger partial charge in [-0.3, -0.25) is 9.59 Å². The predicted molar refractivity (Wildman–Crippen MR) is 74.0 cm³/mol. The molecule has 0 saturated carbocycles. The van der Waals surface area contributed by atoms with Crippen LogP contribution in [0.2, 0.25) is 0 Å². The van der Waals surface area contributed by atoms with E-state index in [-0.39, 0.29) is 24.5 Å². The number of hydrogen-bond acceptors (Lipinski definition) is 4. The summed E-state index contributed by atoms with van der Waals surface area (Å²) in [6.07, 6.45) is 2.14. The lowest BCUT2D eigenvalue weighted by molar-refractivity contribution is -0.121. The fourth-order valence-corrected chi connectivity index (χ4v) is 2.15. The number of ketones is 1. The zero-order valence-corrected chi connectivity index (χ0v) is 11.2. The first-order chi connectivity index (χ1) is 9.25. The molecule has 0 unspecified atom stereocenters. The van der Waals surface area contributed by atoms with Crippen LogP contribution in [0.15, 0.2) is 41.9 Å². The molecule has 0 fully saturated rings. The summed E-state index contributed by atoms with van der Waals surface area (Å²) in [5.74, 6) is -0.135. The van der Waals surface area contributed by atoms with Crippen molar-refractivity contribution in [3.05, 3.63) is 52.5 Å². The normalized spacial score (nSPS) is 10.1. The number of benzene rings is 1. The van der Waals surface area contributed by atoms with Crippen molar-refractivity contribution in [1.29, 1.82) is 0 Å². The number of nitrogens with one attached hydrogen (secondary N) is 1. The predicted octanol–water partition coefficient (Wildman–Crippen LogP) is 2.42. The van der Waals surface area contributed by atoms with Crippen molar-refractivity contribution >= 4 is 23.0 Å². The minimum absolute atomic E-state index is 0.00926. The number of rotatable bonds is 6. The third-order valence-corrected chi connectivity index (χ3v) is 3.37. The van der Waals surface area contributed by atoms with E-state index in [9.17, 15) is 9.59 Å². The Morgan fingerprint density at radius 3 is 2.63 bits per heavy atom. The summed E-state index contributed by atoms with van der Waals surface area (Å²) in [4.78, 5) is 27.4. The number of nitrogens with zero attached hydrogens (tertiary/aromatic N) is 1. The third kappa shape index (κ3) is 4.30. The summed E-state index contributed by atoms with van der Waals surface area (Å²) in [7, 11) is 0. The molecule has 0 atom stereocenters. The van der Waals surface area contributed by atoms with Crippen molar-refractivity contribution in [2.24, 2.45) is 0 Å². The molecule has 98 valence electrons. The Labute approximate surface area is 115 Å². The number of thiazole rings is 1. The summed E-state index contributed by atoms with van der Waals surface area (Å²) in [5, 5.41) is 5.47. The molecule has 19 heavy (non-hydrogen) atoms. The molecule has 0 aliphatic rings. The van der Waals surface area contributed by atoms with Gasteiger partial charge in [0.15, 0.2) is 5.78 Å². The van der Waals surface area contributed by atoms with Crippen LogP contribution in [0.25, 0.3) is 0 Å². The highest BCUT2D eigenvalue weighted by atomic mass is 32.1. The Hall–Kier alpha value is -2.01. The molecular formula is C14H14N2O2S. The molecule has 4 nitrogen and oxygen atoms in total. The van der Waals surface area contributed by atoms with Crippen molar-refractivity contribution in [2.45, 2.75) is 19.4 Å². The van der Waals surface area contributed by atoms with Gasteiger partial charge in [0.2, 0.25) is 5.91 Å². The Morgan fingerprint density at radius 1 is 1.16 bits per heavy atom. The first kappa shape index (κ1) is 13.4. The minimum Gasteiger partial charge on any atom is -0.350 e. The Kier molecular flexibility index (Phi) is 4.80. The van der Waals surface area contributed by atoms with Gasteiger partial charge in [0.05, 0.1) is 6.54 Å². The third-order valence-electron chi connectivity index (χ3n) is 2.60. The van der Waals surface area contributed by atoms with Crippen LogP contribution in [0, 0.1) is 0 Å². The molecule has 2 rings (SSSR count). The van der Waals surface area contributed by atoms with Crippen LogP contribution in [0.1, 0.15) is 28.2 Å². The van der Waals surface area contributed by atoms with Crippen LogP contribution < -0.4 is 5.32 Å². The summed E-state index contributed by atoms with van der Waals surface area (Å²) in [5.41, 5.74) is 0.648. The highest BCUT2D eigenvalue weighted by Crippen LogP contribution is 2.06. The van der Waals surface area contributed by atoms with Gasteiger partial charge in [0, 0.05) is 30.0 Å². The maximum atomic E-state index is 11.8. The van der Waals surface area contributed by atoms with Gasteiger partial charge in [-0.2, -0.15) is 0 Å². The molecule has 1 amide bonds. The van der Waals surface area contributed by atoms with E-state index in [1.165, 1.54) is 11.3 Å². The van der Waals surface area contributed by atoms with Gasteiger partial charge < -0.3 is 5.32 Å². The van der Waals surface area contributed by atoms with Crippen molar-refractivity contribution in [3.8, 4) is 0 Å². The minimum atomic E-state index is -0.125. The molecule has 0 bridgehead atoms. The number of amides is 1. The van der Waals surface area contributed by atoms with Crippen LogP contribution in [0.5, 0.6) is 0 Å². The van der Waals surface area contributed by atoms with Crippen molar-refractivity contribution in [1.82, 2.24) is 10.3 Å². The van der Waals surface area contributed by atoms with Crippen molar-refractivity contribution in [3.63, 3.8) is 0 Å². The molecule has 0 saturated heterocycles. The van der Waals surface area contributed by atoms with E-state index >= 15 is 0 Å². The summed E-state index contributed by atoms with van der Waals surface area (Å²) < 4.78 is 0. The second kappa shape index (κ2) is 6.80. The lowest BCUT2D eigenvalue weighted by Crippen LogP contribution is -2.23. The topological polar surface area (TPSA) is 59.1 Å². The first-order valence-corrected chi connectivity index (χ1v) is 6.87. The van der Waals surface area contributed by atoms with E-state index < -0.39 is 0 Å². The standard InChI is InChI=1S/C14H14N2O2S/c17-12(11-4-2-1-3-5-11)6-7-13(18)16-10-14-15-8-9-19-14/h1-5,8-9H,6-7,10H2,(H,16,18). The van der Waals surface area contributed by atoms with E-state index in [1.54, 1.807) is 18.3 Å². The maximum Gasteiger partial charge on any atom is 0.220 e. The number of hydrogen-bond donors (Lipinski definition) is 1. The van der Waals surface area contributed by atoms with Gasteiger partial charge in [-0.1, -0.05) is 30.3 Å². The second-order valence-electron chi connectivity index (χ2n) is 3.99. The monoisotopic (exact) mass is 274 g/mol. The number of Topliss-reactive ketones (excluding diaryl/α,β-unsaturated/α-hetero) is 1. The SMILES string of the molecule is O=C(CCC(=O)c1ccccc1)NCc1nccs1. The van der Waals surface area contributed by atoms with Crippen LogP contribution in [0.3, 0.4) is 0 Å². The van der Waals surface area contributed by atoms with E-state index in [2.05, 4.69) is 10.3 Å². The first-order valence-electron chi connectivity index (χ1n) is 5.99. The molecule has 0 radical (unpaired) electrons. The highest BCUT2D eigenvalue weighted by Gasteiger charge is 2.09. The summed E-state index contributed by atoms with van der Waals surface area (Å²) in [6.45, 7) is 0.427. The number of carbonyl (C=O) groups excluding carboxylic acids is 2. The van der Waals surface area contributed by atoms with Crippen LogP contribution in [-0.4, -0.2) is 16.7 Å². The Morgan fingerprint density at radius 2 is 1.95 bits per heavy atom. The summed E-state index contributed by atoms with van der Waals surface area (Å²) in [6, 6.07) is 9.01. The lowest BCUT2D eigenvalue weighted by Gasteiger charge is -2.03. The molecule has 0 aliphatic carbocycles. The lowest BCUT2D eigenvalue weighted by atomic mass is 10.1. The van der Waals surface area contributed by atoms with Gasteiger partial charge in [0.1, 0.15) is 5.01 Å². The molecule has 0 aliphatic heterocycles. The Bertz CT molecular complexity index is 538. The highest BCUT2D eigenvalue weighted by molar-refractivity contribution is 7.09. The van der Waals surface area contributed by atoms with Crippen LogP contribution in [-0.2, 0) is 11.3 Å². The quantitative estimate of drug-likeness (QED) is 0.823. The molecule has 2 aromatic rings. The smallest absolute Gasteiger partial charge is 0.220 e. The average Bonchev–Trinajstić information content (AvgIpc) is 2.96. The Balaban J connectivity index is 1.73. The molecule has 1 N–H and O–H groups in total. The van der Waals surface area contributed by atoms with Crippen molar-refractivity contribution in [2.75, 3.05) is 0 Å². The largest absolute Gasteiger partial charge is 0.350 e. The van der Waals surface area contributed by atoms with Gasteiger partial charge >= 0.3 is 0 Å². The number of carbonyl (C=O) groups is 2. The maximum absolute atomic E-state index is 11.8. The fourth-order valence-electron chi connectivity index (χ4n) is 1.60. The summed E-state index contributed by atoms with van der Waals surface area (Å²) >= 11 is 1.49. The average molecular weight is 274 g/mol. The van der Waals surface area contributed by atoms with E-state index in [1.807, 2.05) is 23.6 Å². The second-order valence-corrected chi connectivity index (χ2v) is 4.97. The van der Waals surface area contributed by atoms with Crippen molar-refractivity contribution < 1.29 is 9.59 Å². The zero-order chi connectivity index (χ0) is 13.5. The van der Waals surface area contributed by atoms with Gasteiger partial charge in [0.25, 0.3) is 0 Å². The van der Waals surface area contributed by atoms with E-state index in [4.69, 9.17) is 0 Å². The molecular weight excluding hydrogens is 260 g/mol.